The number of fused-ring (bicyclic) bond motifs is 2. The minimum absolute atomic E-state index is 0.0568. The highest BCUT2D eigenvalue weighted by atomic mass is 32.1. The number of dihydropyridines is 1. The summed E-state index contributed by atoms with van der Waals surface area (Å²) in [6, 6.07) is 11.5. The van der Waals surface area contributed by atoms with Gasteiger partial charge in [-0.2, -0.15) is 0 Å². The highest BCUT2D eigenvalue weighted by Gasteiger charge is 2.25. The van der Waals surface area contributed by atoms with Crippen LogP contribution in [-0.4, -0.2) is 76.3 Å². The number of allylic oxidation sites excluding steroid dienone is 2. The minimum Gasteiger partial charge on any atom is -0.372 e. The van der Waals surface area contributed by atoms with Crippen molar-refractivity contribution < 1.29 is 9.90 Å². The van der Waals surface area contributed by atoms with Gasteiger partial charge in [-0.15, -0.1) is 21.5 Å². The smallest absolute Gasteiger partial charge is 0.332 e. The number of nitrogens with one attached hydrogen (secondary N) is 3. The monoisotopic (exact) mass is 818 g/mol. The van der Waals surface area contributed by atoms with Gasteiger partial charge in [0.2, 0.25) is 5.91 Å². The van der Waals surface area contributed by atoms with Crippen LogP contribution >= 0.6 is 11.3 Å². The Morgan fingerprint density at radius 2 is 1.54 bits per heavy atom. The summed E-state index contributed by atoms with van der Waals surface area (Å²) in [5.41, 5.74) is 0.785. The van der Waals surface area contributed by atoms with E-state index in [-0.39, 0.29) is 28.9 Å². The Morgan fingerprint density at radius 3 is 2.22 bits per heavy atom. The molecule has 7 heterocycles. The molecule has 0 fully saturated rings. The number of rotatable bonds is 11. The van der Waals surface area contributed by atoms with Gasteiger partial charge in [-0.1, -0.05) is 36.4 Å². The number of hydrogen-bond acceptors (Lipinski definition) is 14. The highest BCUT2D eigenvalue weighted by molar-refractivity contribution is 7.12. The fourth-order valence-corrected chi connectivity index (χ4v) is 7.69. The summed E-state index contributed by atoms with van der Waals surface area (Å²) in [4.78, 5) is 79.6. The van der Waals surface area contributed by atoms with E-state index in [0.29, 0.717) is 33.8 Å². The van der Waals surface area contributed by atoms with Crippen molar-refractivity contribution in [2.75, 3.05) is 11.9 Å². The molecule has 0 saturated carbocycles. The number of aryl methyl sites for hydroxylation is 2. The zero-order chi connectivity index (χ0) is 41.7. The first-order valence-electron chi connectivity index (χ1n) is 18.4. The van der Waals surface area contributed by atoms with E-state index in [1.165, 1.54) is 63.4 Å². The predicted molar refractivity (Wildman–Crippen MR) is 219 cm³/mol. The maximum atomic E-state index is 14.0. The van der Waals surface area contributed by atoms with Crippen LogP contribution in [0.3, 0.4) is 0 Å². The van der Waals surface area contributed by atoms with Crippen LogP contribution in [0.2, 0.25) is 0 Å². The Morgan fingerprint density at radius 1 is 0.847 bits per heavy atom. The Hall–Kier alpha value is -7.26. The molecule has 1 aliphatic heterocycles. The van der Waals surface area contributed by atoms with E-state index in [0.717, 1.165) is 20.3 Å². The number of aromatic nitrogens is 11. The zero-order valence-electron chi connectivity index (χ0n) is 32.4. The second-order valence-electron chi connectivity index (χ2n) is 14.0. The molecule has 0 spiro atoms. The Kier molecular flexibility index (Phi) is 9.98. The summed E-state index contributed by atoms with van der Waals surface area (Å²) in [7, 11) is 4.41. The standard InChI is InChI=1S/C38H38N14O6S/c1-20(51-18-41-30-28(51)35(55)49(5)37(57)47(30)3)32(53)43-26-13-11-23(15-39-26)34-40-16-24(59-34)17-50-36(56)29-31(48(4)38(50)58)42-19-52(29)21(2)33(54)44-27-14-12-25(45-46-27)22-9-7-6-8-10-22/h6-14,16,18-21,33,39,54H,15,17H2,1-5H3,(H,43,53)(H,44,46)/t20?,21-,33?/m1/s1. The molecule has 0 aliphatic carbocycles. The Labute approximate surface area is 337 Å². The minimum atomic E-state index is -1.20. The van der Waals surface area contributed by atoms with Gasteiger partial charge in [0.15, 0.2) is 28.1 Å². The predicted octanol–water partition coefficient (Wildman–Crippen LogP) is 0.803. The Balaban J connectivity index is 0.966. The lowest BCUT2D eigenvalue weighted by Gasteiger charge is -2.22. The average molecular weight is 819 g/mol. The van der Waals surface area contributed by atoms with E-state index >= 15 is 0 Å². The molecule has 302 valence electrons. The van der Waals surface area contributed by atoms with Crippen molar-refractivity contribution in [3.63, 3.8) is 0 Å². The van der Waals surface area contributed by atoms with E-state index in [2.05, 4.69) is 41.1 Å². The summed E-state index contributed by atoms with van der Waals surface area (Å²) in [5.74, 6) is 0.342. The van der Waals surface area contributed by atoms with Crippen molar-refractivity contribution in [2.24, 2.45) is 21.1 Å². The number of anilines is 1. The van der Waals surface area contributed by atoms with Gasteiger partial charge >= 0.3 is 11.4 Å². The summed E-state index contributed by atoms with van der Waals surface area (Å²) in [6.07, 6.45) is 6.67. The third-order valence-corrected chi connectivity index (χ3v) is 11.3. The molecule has 0 radical (unpaired) electrons. The number of aliphatic hydroxyl groups excluding tert-OH is 1. The molecule has 1 aromatic carbocycles. The third kappa shape index (κ3) is 6.95. The number of amides is 1. The molecule has 7 aromatic rings. The largest absolute Gasteiger partial charge is 0.372 e. The fraction of sp³-hybridized carbons (Fsp3) is 0.263. The molecule has 1 aliphatic rings. The summed E-state index contributed by atoms with van der Waals surface area (Å²) < 4.78 is 7.58. The van der Waals surface area contributed by atoms with Crippen LogP contribution in [0.25, 0.3) is 39.2 Å². The lowest BCUT2D eigenvalue weighted by atomic mass is 10.1. The number of imidazole rings is 2. The van der Waals surface area contributed by atoms with E-state index in [1.807, 2.05) is 30.3 Å². The highest BCUT2D eigenvalue weighted by Crippen LogP contribution is 2.25. The van der Waals surface area contributed by atoms with Gasteiger partial charge in [-0.05, 0) is 32.1 Å². The van der Waals surface area contributed by atoms with Gasteiger partial charge < -0.3 is 30.2 Å². The van der Waals surface area contributed by atoms with E-state index in [4.69, 9.17) is 0 Å². The Bertz CT molecular complexity index is 3080. The molecule has 2 unspecified atom stereocenters. The number of hydrogen-bond donors (Lipinski definition) is 4. The maximum Gasteiger partial charge on any atom is 0.332 e. The molecule has 4 N–H and O–H groups in total. The average Bonchev–Trinajstić information content (AvgIpc) is 4.03. The second kappa shape index (κ2) is 15.2. The van der Waals surface area contributed by atoms with E-state index in [1.54, 1.807) is 44.3 Å². The summed E-state index contributed by atoms with van der Waals surface area (Å²) in [5, 5.41) is 29.2. The van der Waals surface area contributed by atoms with Crippen LogP contribution in [0, 0.1) is 0 Å². The van der Waals surface area contributed by atoms with Crippen LogP contribution in [0.15, 0.2) is 98.5 Å². The first-order chi connectivity index (χ1) is 28.3. The zero-order valence-corrected chi connectivity index (χ0v) is 33.2. The molecule has 3 atom stereocenters. The van der Waals surface area contributed by atoms with Crippen molar-refractivity contribution in [3.05, 3.63) is 131 Å². The van der Waals surface area contributed by atoms with Gasteiger partial charge in [-0.25, -0.2) is 24.5 Å². The number of benzene rings is 1. The first kappa shape index (κ1) is 38.6. The first-order valence-corrected chi connectivity index (χ1v) is 19.2. The van der Waals surface area contributed by atoms with Crippen molar-refractivity contribution in [1.82, 2.24) is 63.2 Å². The van der Waals surface area contributed by atoms with Gasteiger partial charge in [0, 0.05) is 49.9 Å². The van der Waals surface area contributed by atoms with Crippen LogP contribution in [0.1, 0.15) is 35.8 Å². The van der Waals surface area contributed by atoms with Crippen LogP contribution < -0.4 is 38.4 Å². The van der Waals surface area contributed by atoms with Gasteiger partial charge in [-0.3, -0.25) is 32.7 Å². The SMILES string of the molecule is CC(C(=O)NC1=CC=C(c2ncc(Cn3c(=O)c4c(ncn4[C@H](C)C(O)Nc4ccc(-c5ccccc5)nn4)n(C)c3=O)s2)CN1)n1cnc2c1c(=O)n(C)c(=O)n2C. The van der Waals surface area contributed by atoms with Crippen molar-refractivity contribution in [1.29, 1.82) is 0 Å². The molecular formula is C38H38N14O6S. The molecular weight excluding hydrogens is 781 g/mol. The topological polar surface area (TPSA) is 236 Å². The van der Waals surface area contributed by atoms with Crippen LogP contribution in [0.4, 0.5) is 5.82 Å². The lowest BCUT2D eigenvalue weighted by Crippen LogP contribution is -2.40. The van der Waals surface area contributed by atoms with Crippen molar-refractivity contribution >= 4 is 51.0 Å². The molecule has 1 amide bonds. The summed E-state index contributed by atoms with van der Waals surface area (Å²) in [6.45, 7) is 3.59. The summed E-state index contributed by atoms with van der Waals surface area (Å²) >= 11 is 1.31. The third-order valence-electron chi connectivity index (χ3n) is 10.3. The quantitative estimate of drug-likeness (QED) is 0.133. The van der Waals surface area contributed by atoms with Crippen LogP contribution in [0.5, 0.6) is 0 Å². The number of aliphatic hydroxyl groups is 1. The molecule has 59 heavy (non-hydrogen) atoms. The van der Waals surface area contributed by atoms with Crippen molar-refractivity contribution in [3.8, 4) is 11.3 Å². The van der Waals surface area contributed by atoms with Gasteiger partial charge in [0.25, 0.3) is 11.1 Å². The van der Waals surface area contributed by atoms with E-state index in [9.17, 15) is 29.1 Å². The normalized spacial score (nSPS) is 14.4. The fourth-order valence-electron chi connectivity index (χ4n) is 6.76. The van der Waals surface area contributed by atoms with Crippen LogP contribution in [-0.2, 0) is 32.5 Å². The van der Waals surface area contributed by atoms with Gasteiger partial charge in [0.1, 0.15) is 23.1 Å². The maximum absolute atomic E-state index is 14.0. The van der Waals surface area contributed by atoms with E-state index < -0.39 is 46.7 Å². The van der Waals surface area contributed by atoms with Gasteiger partial charge in [0.05, 0.1) is 30.9 Å². The molecule has 0 bridgehead atoms. The number of thiazole rings is 1. The lowest BCUT2D eigenvalue weighted by molar-refractivity contribution is -0.123. The number of carbonyl (C=O) groups excluding carboxylic acids is 1. The molecule has 6 aromatic heterocycles. The second-order valence-corrected chi connectivity index (χ2v) is 15.1. The molecule has 0 saturated heterocycles. The molecule has 21 heteroatoms. The van der Waals surface area contributed by atoms with Crippen molar-refractivity contribution in [2.45, 2.75) is 38.7 Å². The molecule has 20 nitrogen and oxygen atoms in total. The molecule has 8 rings (SSSR count). The number of nitrogens with zero attached hydrogens (tertiary/aromatic N) is 11. The number of carbonyl (C=O) groups is 1.